The summed E-state index contributed by atoms with van der Waals surface area (Å²) in [5.74, 6) is 0.598. The van der Waals surface area contributed by atoms with Crippen molar-refractivity contribution in [3.05, 3.63) is 33.9 Å². The molecule has 2 rings (SSSR count). The quantitative estimate of drug-likeness (QED) is 0.472. The summed E-state index contributed by atoms with van der Waals surface area (Å²) in [4.78, 5) is 25.8. The molecule has 0 unspecified atom stereocenters. The molecule has 0 atom stereocenters. The molecule has 0 aliphatic carbocycles. The molecule has 1 fully saturated rings. The van der Waals surface area contributed by atoms with Crippen molar-refractivity contribution in [2.45, 2.75) is 12.8 Å². The Morgan fingerprint density at radius 3 is 2.67 bits per heavy atom. The number of nitro groups is 1. The van der Waals surface area contributed by atoms with E-state index in [4.69, 9.17) is 0 Å². The third kappa shape index (κ3) is 3.78. The first kappa shape index (κ1) is 15.4. The standard InChI is InChI=1S/C15H21N3O3/c1-16-7-5-12(6-8-16)10-17(2)15-4-3-14(18(20)21)9-13(15)11-19/h3-4,9,11-12H,5-8,10H2,1-2H3. The molecule has 1 heterocycles. The van der Waals surface area contributed by atoms with Crippen LogP contribution in [0.5, 0.6) is 0 Å². The molecule has 0 saturated carbocycles. The van der Waals surface area contributed by atoms with E-state index in [1.807, 2.05) is 11.9 Å². The summed E-state index contributed by atoms with van der Waals surface area (Å²) >= 11 is 0. The molecule has 0 aromatic heterocycles. The molecule has 21 heavy (non-hydrogen) atoms. The van der Waals surface area contributed by atoms with Gasteiger partial charge in [-0.3, -0.25) is 14.9 Å². The van der Waals surface area contributed by atoms with Crippen molar-refractivity contribution in [3.8, 4) is 0 Å². The monoisotopic (exact) mass is 291 g/mol. The highest BCUT2D eigenvalue weighted by atomic mass is 16.6. The number of carbonyl (C=O) groups excluding carboxylic acids is 1. The first-order valence-electron chi connectivity index (χ1n) is 7.14. The molecule has 0 N–H and O–H groups in total. The number of benzene rings is 1. The summed E-state index contributed by atoms with van der Waals surface area (Å²) in [5, 5.41) is 10.8. The SMILES string of the molecule is CN1CCC(CN(C)c2ccc([N+](=O)[O-])cc2C=O)CC1. The first-order chi connectivity index (χ1) is 10.0. The summed E-state index contributed by atoms with van der Waals surface area (Å²) in [6.45, 7) is 3.06. The van der Waals surface area contributed by atoms with E-state index in [0.717, 1.165) is 38.2 Å². The van der Waals surface area contributed by atoms with Gasteiger partial charge in [0.25, 0.3) is 5.69 Å². The number of anilines is 1. The van der Waals surface area contributed by atoms with Gasteiger partial charge in [0.15, 0.2) is 6.29 Å². The molecular formula is C15H21N3O3. The fraction of sp³-hybridized carbons (Fsp3) is 0.533. The lowest BCUT2D eigenvalue weighted by molar-refractivity contribution is -0.384. The highest BCUT2D eigenvalue weighted by molar-refractivity contribution is 5.85. The van der Waals surface area contributed by atoms with E-state index in [0.29, 0.717) is 17.8 Å². The maximum Gasteiger partial charge on any atom is 0.270 e. The Morgan fingerprint density at radius 2 is 2.10 bits per heavy atom. The number of piperidine rings is 1. The topological polar surface area (TPSA) is 66.7 Å². The molecule has 1 aliphatic rings. The minimum Gasteiger partial charge on any atom is -0.374 e. The number of nitro benzene ring substituents is 1. The Bertz CT molecular complexity index is 525. The van der Waals surface area contributed by atoms with Gasteiger partial charge >= 0.3 is 0 Å². The third-order valence-electron chi connectivity index (χ3n) is 4.13. The van der Waals surface area contributed by atoms with Crippen molar-refractivity contribution >= 4 is 17.7 Å². The van der Waals surface area contributed by atoms with Gasteiger partial charge in [0.1, 0.15) is 0 Å². The fourth-order valence-electron chi connectivity index (χ4n) is 2.83. The second kappa shape index (κ2) is 6.67. The van der Waals surface area contributed by atoms with E-state index in [9.17, 15) is 14.9 Å². The second-order valence-electron chi connectivity index (χ2n) is 5.75. The predicted octanol–water partition coefficient (Wildman–Crippen LogP) is 2.19. The Balaban J connectivity index is 2.09. The molecule has 0 amide bonds. The Labute approximate surface area is 124 Å². The van der Waals surface area contributed by atoms with Crippen LogP contribution in [0.4, 0.5) is 11.4 Å². The first-order valence-corrected chi connectivity index (χ1v) is 7.14. The maximum atomic E-state index is 11.2. The van der Waals surface area contributed by atoms with E-state index >= 15 is 0 Å². The van der Waals surface area contributed by atoms with E-state index < -0.39 is 4.92 Å². The largest absolute Gasteiger partial charge is 0.374 e. The van der Waals surface area contributed by atoms with Crippen LogP contribution in [0.15, 0.2) is 18.2 Å². The van der Waals surface area contributed by atoms with Gasteiger partial charge in [-0.1, -0.05) is 0 Å². The molecule has 1 saturated heterocycles. The average Bonchev–Trinajstić information content (AvgIpc) is 2.48. The van der Waals surface area contributed by atoms with E-state index in [1.165, 1.54) is 12.1 Å². The van der Waals surface area contributed by atoms with Gasteiger partial charge in [0.05, 0.1) is 4.92 Å². The maximum absolute atomic E-state index is 11.2. The van der Waals surface area contributed by atoms with Gasteiger partial charge < -0.3 is 9.80 Å². The number of aldehydes is 1. The van der Waals surface area contributed by atoms with Gasteiger partial charge in [-0.15, -0.1) is 0 Å². The van der Waals surface area contributed by atoms with Gasteiger partial charge in [0.2, 0.25) is 0 Å². The van der Waals surface area contributed by atoms with Gasteiger partial charge in [-0.25, -0.2) is 0 Å². The Morgan fingerprint density at radius 1 is 1.43 bits per heavy atom. The minimum absolute atomic E-state index is 0.0476. The van der Waals surface area contributed by atoms with E-state index in [2.05, 4.69) is 11.9 Å². The number of carbonyl (C=O) groups is 1. The highest BCUT2D eigenvalue weighted by Crippen LogP contribution is 2.26. The Hall–Kier alpha value is -1.95. The highest BCUT2D eigenvalue weighted by Gasteiger charge is 2.20. The lowest BCUT2D eigenvalue weighted by atomic mass is 9.96. The summed E-state index contributed by atoms with van der Waals surface area (Å²) < 4.78 is 0. The molecule has 0 spiro atoms. The number of nitrogens with zero attached hydrogens (tertiary/aromatic N) is 3. The van der Waals surface area contributed by atoms with Crippen LogP contribution in [0, 0.1) is 16.0 Å². The van der Waals surface area contributed by atoms with Crippen LogP contribution in [0.25, 0.3) is 0 Å². The third-order valence-corrected chi connectivity index (χ3v) is 4.13. The van der Waals surface area contributed by atoms with Crippen LogP contribution in [-0.4, -0.2) is 49.8 Å². The molecule has 0 bridgehead atoms. The van der Waals surface area contributed by atoms with Crippen molar-refractivity contribution in [2.24, 2.45) is 5.92 Å². The van der Waals surface area contributed by atoms with Crippen LogP contribution < -0.4 is 4.90 Å². The number of non-ortho nitro benzene ring substituents is 1. The van der Waals surface area contributed by atoms with Gasteiger partial charge in [-0.2, -0.15) is 0 Å². The molecular weight excluding hydrogens is 270 g/mol. The predicted molar refractivity (Wildman–Crippen MR) is 82.0 cm³/mol. The van der Waals surface area contributed by atoms with Crippen molar-refractivity contribution in [1.82, 2.24) is 4.90 Å². The van der Waals surface area contributed by atoms with E-state index in [1.54, 1.807) is 6.07 Å². The summed E-state index contributed by atoms with van der Waals surface area (Å²) in [5.41, 5.74) is 1.09. The number of rotatable bonds is 5. The zero-order valence-corrected chi connectivity index (χ0v) is 12.5. The fourth-order valence-corrected chi connectivity index (χ4v) is 2.83. The molecule has 1 aromatic rings. The van der Waals surface area contributed by atoms with Crippen molar-refractivity contribution in [1.29, 1.82) is 0 Å². The lowest BCUT2D eigenvalue weighted by Crippen LogP contribution is -2.36. The smallest absolute Gasteiger partial charge is 0.270 e. The minimum atomic E-state index is -0.478. The van der Waals surface area contributed by atoms with Crippen LogP contribution >= 0.6 is 0 Å². The summed E-state index contributed by atoms with van der Waals surface area (Å²) in [6, 6.07) is 4.46. The normalized spacial score (nSPS) is 16.7. The molecule has 1 aliphatic heterocycles. The zero-order chi connectivity index (χ0) is 15.4. The van der Waals surface area contributed by atoms with Crippen molar-refractivity contribution in [2.75, 3.05) is 38.6 Å². The van der Waals surface area contributed by atoms with Crippen molar-refractivity contribution in [3.63, 3.8) is 0 Å². The zero-order valence-electron chi connectivity index (χ0n) is 12.5. The summed E-state index contributed by atoms with van der Waals surface area (Å²) in [7, 11) is 4.06. The van der Waals surface area contributed by atoms with Crippen LogP contribution in [0.3, 0.4) is 0 Å². The van der Waals surface area contributed by atoms with Crippen LogP contribution in [0.2, 0.25) is 0 Å². The summed E-state index contributed by atoms with van der Waals surface area (Å²) in [6.07, 6.45) is 2.97. The number of hydrogen-bond acceptors (Lipinski definition) is 5. The van der Waals surface area contributed by atoms with E-state index in [-0.39, 0.29) is 5.69 Å². The lowest BCUT2D eigenvalue weighted by Gasteiger charge is -2.32. The molecule has 6 nitrogen and oxygen atoms in total. The van der Waals surface area contributed by atoms with Crippen LogP contribution in [-0.2, 0) is 0 Å². The van der Waals surface area contributed by atoms with Crippen LogP contribution in [0.1, 0.15) is 23.2 Å². The number of hydrogen-bond donors (Lipinski definition) is 0. The Kier molecular flexibility index (Phi) is 4.90. The molecule has 6 heteroatoms. The second-order valence-corrected chi connectivity index (χ2v) is 5.75. The molecule has 0 radical (unpaired) electrons. The van der Waals surface area contributed by atoms with Gasteiger partial charge in [0, 0.05) is 37.0 Å². The number of likely N-dealkylation sites (tertiary alicyclic amines) is 1. The van der Waals surface area contributed by atoms with Gasteiger partial charge in [-0.05, 0) is 45.0 Å². The van der Waals surface area contributed by atoms with Crippen molar-refractivity contribution < 1.29 is 9.72 Å². The average molecular weight is 291 g/mol. The molecule has 114 valence electrons. The molecule has 1 aromatic carbocycles.